The number of rotatable bonds is 7. The second-order valence-corrected chi connectivity index (χ2v) is 6.69. The number of hydrogen-bond donors (Lipinski definition) is 1. The third-order valence-electron chi connectivity index (χ3n) is 4.82. The number of benzene rings is 1. The molecule has 2 nitrogen and oxygen atoms in total. The van der Waals surface area contributed by atoms with Gasteiger partial charge < -0.3 is 5.11 Å². The predicted molar refractivity (Wildman–Crippen MR) is 97.1 cm³/mol. The molecule has 1 fully saturated rings. The van der Waals surface area contributed by atoms with Crippen molar-refractivity contribution >= 4 is 0 Å². The van der Waals surface area contributed by atoms with Gasteiger partial charge in [-0.3, -0.25) is 4.90 Å². The van der Waals surface area contributed by atoms with E-state index >= 15 is 0 Å². The smallest absolute Gasteiger partial charge is 0.153 e. The monoisotopic (exact) mass is 313 g/mol. The molecule has 1 aromatic rings. The van der Waals surface area contributed by atoms with Gasteiger partial charge in [-0.05, 0) is 44.3 Å². The van der Waals surface area contributed by atoms with Gasteiger partial charge in [-0.2, -0.15) is 0 Å². The summed E-state index contributed by atoms with van der Waals surface area (Å²) in [7, 11) is 0. The van der Waals surface area contributed by atoms with Crippen LogP contribution < -0.4 is 0 Å². The molecule has 0 amide bonds. The lowest BCUT2D eigenvalue weighted by atomic mass is 9.80. The lowest BCUT2D eigenvalue weighted by Gasteiger charge is -2.29. The summed E-state index contributed by atoms with van der Waals surface area (Å²) >= 11 is 0. The molecule has 1 atom stereocenters. The Morgan fingerprint density at radius 3 is 2.26 bits per heavy atom. The van der Waals surface area contributed by atoms with Crippen LogP contribution in [0.15, 0.2) is 30.3 Å². The quantitative estimate of drug-likeness (QED) is 0.763. The first kappa shape index (κ1) is 18.0. The van der Waals surface area contributed by atoms with Crippen LogP contribution in [0.4, 0.5) is 0 Å². The summed E-state index contributed by atoms with van der Waals surface area (Å²) in [5, 5.41) is 11.4. The van der Waals surface area contributed by atoms with Crippen molar-refractivity contribution in [2.75, 3.05) is 19.6 Å². The molecule has 2 rings (SSSR count). The Hall–Kier alpha value is -1.30. The second kappa shape index (κ2) is 9.11. The zero-order chi connectivity index (χ0) is 16.5. The molecule has 1 N–H and O–H groups in total. The van der Waals surface area contributed by atoms with Crippen molar-refractivity contribution in [1.82, 2.24) is 4.90 Å². The zero-order valence-electron chi connectivity index (χ0n) is 14.7. The highest BCUT2D eigenvalue weighted by molar-refractivity contribution is 5.33. The van der Waals surface area contributed by atoms with Crippen molar-refractivity contribution in [3.05, 3.63) is 35.9 Å². The Kier molecular flexibility index (Phi) is 7.15. The highest BCUT2D eigenvalue weighted by atomic mass is 16.3. The lowest BCUT2D eigenvalue weighted by Crippen LogP contribution is -2.33. The van der Waals surface area contributed by atoms with Gasteiger partial charge in [0.1, 0.15) is 0 Å². The molecule has 0 saturated heterocycles. The topological polar surface area (TPSA) is 23.5 Å². The van der Waals surface area contributed by atoms with Gasteiger partial charge in [-0.25, -0.2) is 0 Å². The van der Waals surface area contributed by atoms with Crippen LogP contribution in [0.5, 0.6) is 0 Å². The Labute approximate surface area is 141 Å². The van der Waals surface area contributed by atoms with Gasteiger partial charge in [-0.15, -0.1) is 0 Å². The first-order valence-corrected chi connectivity index (χ1v) is 9.21. The lowest BCUT2D eigenvalue weighted by molar-refractivity contribution is 0.0367. The van der Waals surface area contributed by atoms with Crippen molar-refractivity contribution < 1.29 is 5.11 Å². The normalized spacial score (nSPS) is 17.7. The van der Waals surface area contributed by atoms with Gasteiger partial charge in [0.15, 0.2) is 5.60 Å². The molecule has 0 unspecified atom stereocenters. The van der Waals surface area contributed by atoms with E-state index in [1.165, 1.54) is 12.8 Å². The molecule has 0 radical (unpaired) electrons. The molecule has 1 aliphatic rings. The van der Waals surface area contributed by atoms with Crippen LogP contribution in [0, 0.1) is 17.8 Å². The largest absolute Gasteiger partial charge is 0.373 e. The van der Waals surface area contributed by atoms with Gasteiger partial charge in [0.25, 0.3) is 0 Å². The third kappa shape index (κ3) is 4.83. The summed E-state index contributed by atoms with van der Waals surface area (Å²) in [6, 6.07) is 10.0. The SMILES string of the molecule is CCCN(CC#C[C@](O)(c1ccccc1)C1CCCC1)CCC. The molecule has 126 valence electrons. The summed E-state index contributed by atoms with van der Waals surface area (Å²) in [6.07, 6.45) is 6.86. The van der Waals surface area contributed by atoms with Gasteiger partial charge >= 0.3 is 0 Å². The van der Waals surface area contributed by atoms with Crippen molar-refractivity contribution in [1.29, 1.82) is 0 Å². The molecule has 1 saturated carbocycles. The van der Waals surface area contributed by atoms with Crippen LogP contribution in [0.25, 0.3) is 0 Å². The van der Waals surface area contributed by atoms with Crippen LogP contribution in [-0.2, 0) is 5.60 Å². The number of aliphatic hydroxyl groups is 1. The molecule has 1 aromatic carbocycles. The van der Waals surface area contributed by atoms with Gasteiger partial charge in [0, 0.05) is 5.92 Å². The standard InChI is InChI=1S/C21H31NO/c1-3-16-22(17-4-2)18-10-15-21(23,20-13-8-9-14-20)19-11-6-5-7-12-19/h5-7,11-12,20,23H,3-4,8-9,13-14,16-18H2,1-2H3/t21-/m0/s1. The number of hydrogen-bond acceptors (Lipinski definition) is 2. The molecular formula is C21H31NO. The molecule has 0 bridgehead atoms. The molecule has 1 aliphatic carbocycles. The van der Waals surface area contributed by atoms with E-state index in [1.54, 1.807) is 0 Å². The maximum atomic E-state index is 11.4. The van der Waals surface area contributed by atoms with E-state index in [9.17, 15) is 5.11 Å². The predicted octanol–water partition coefficient (Wildman–Crippen LogP) is 4.19. The molecular weight excluding hydrogens is 282 g/mol. The fourth-order valence-corrected chi connectivity index (χ4v) is 3.63. The van der Waals surface area contributed by atoms with Crippen LogP contribution >= 0.6 is 0 Å². The minimum absolute atomic E-state index is 0.267. The Morgan fingerprint density at radius 2 is 1.70 bits per heavy atom. The molecule has 2 heteroatoms. The van der Waals surface area contributed by atoms with Crippen molar-refractivity contribution in [3.63, 3.8) is 0 Å². The maximum absolute atomic E-state index is 11.4. The van der Waals surface area contributed by atoms with Crippen molar-refractivity contribution in [3.8, 4) is 11.8 Å². The summed E-state index contributed by atoms with van der Waals surface area (Å²) in [5.41, 5.74) is -0.0288. The summed E-state index contributed by atoms with van der Waals surface area (Å²) < 4.78 is 0. The minimum atomic E-state index is -0.984. The molecule has 0 spiro atoms. The zero-order valence-corrected chi connectivity index (χ0v) is 14.7. The Balaban J connectivity index is 2.17. The van der Waals surface area contributed by atoms with E-state index < -0.39 is 5.60 Å². The Bertz CT molecular complexity index is 504. The first-order chi connectivity index (χ1) is 11.2. The second-order valence-electron chi connectivity index (χ2n) is 6.69. The van der Waals surface area contributed by atoms with Gasteiger partial charge in [0.2, 0.25) is 0 Å². The molecule has 0 aromatic heterocycles. The van der Waals surface area contributed by atoms with Crippen LogP contribution in [0.3, 0.4) is 0 Å². The Morgan fingerprint density at radius 1 is 1.09 bits per heavy atom. The summed E-state index contributed by atoms with van der Waals surface area (Å²) in [6.45, 7) is 7.32. The average molecular weight is 313 g/mol. The molecule has 0 aliphatic heterocycles. The highest BCUT2D eigenvalue weighted by Gasteiger charge is 2.38. The molecule has 0 heterocycles. The van der Waals surface area contributed by atoms with E-state index in [0.29, 0.717) is 0 Å². The maximum Gasteiger partial charge on any atom is 0.153 e. The van der Waals surface area contributed by atoms with Crippen LogP contribution in [-0.4, -0.2) is 29.6 Å². The van der Waals surface area contributed by atoms with E-state index in [-0.39, 0.29) is 5.92 Å². The highest BCUT2D eigenvalue weighted by Crippen LogP contribution is 2.40. The number of nitrogens with zero attached hydrogens (tertiary/aromatic N) is 1. The van der Waals surface area contributed by atoms with Gasteiger partial charge in [0.05, 0.1) is 6.54 Å². The molecule has 23 heavy (non-hydrogen) atoms. The van der Waals surface area contributed by atoms with Crippen molar-refractivity contribution in [2.24, 2.45) is 5.92 Å². The van der Waals surface area contributed by atoms with E-state index in [2.05, 4.69) is 30.6 Å². The average Bonchev–Trinajstić information content (AvgIpc) is 3.11. The first-order valence-electron chi connectivity index (χ1n) is 9.21. The third-order valence-corrected chi connectivity index (χ3v) is 4.82. The van der Waals surface area contributed by atoms with E-state index in [0.717, 1.165) is 50.9 Å². The summed E-state index contributed by atoms with van der Waals surface area (Å²) in [4.78, 5) is 2.38. The van der Waals surface area contributed by atoms with Crippen LogP contribution in [0.1, 0.15) is 57.9 Å². The summed E-state index contributed by atoms with van der Waals surface area (Å²) in [5.74, 6) is 6.83. The minimum Gasteiger partial charge on any atom is -0.373 e. The fraction of sp³-hybridized carbons (Fsp3) is 0.619. The van der Waals surface area contributed by atoms with E-state index in [1.807, 2.05) is 30.3 Å². The van der Waals surface area contributed by atoms with Crippen LogP contribution in [0.2, 0.25) is 0 Å². The fourth-order valence-electron chi connectivity index (χ4n) is 3.63. The van der Waals surface area contributed by atoms with E-state index in [4.69, 9.17) is 0 Å². The van der Waals surface area contributed by atoms with Crippen molar-refractivity contribution in [2.45, 2.75) is 58.0 Å². The van der Waals surface area contributed by atoms with Gasteiger partial charge in [-0.1, -0.05) is 68.9 Å².